The first-order chi connectivity index (χ1) is 11.7. The molecule has 3 aromatic rings. The number of carbonyl (C=O) groups is 1. The van der Waals surface area contributed by atoms with Gasteiger partial charge in [0.1, 0.15) is 9.88 Å². The zero-order valence-electron chi connectivity index (χ0n) is 13.3. The van der Waals surface area contributed by atoms with Gasteiger partial charge in [0, 0.05) is 18.8 Å². The van der Waals surface area contributed by atoms with Crippen LogP contribution in [0.3, 0.4) is 0 Å². The number of thiophene rings is 1. The molecule has 6 heteroatoms. The Labute approximate surface area is 148 Å². The molecular weight excluding hydrogens is 338 g/mol. The summed E-state index contributed by atoms with van der Waals surface area (Å²) in [4.78, 5) is 24.7. The molecule has 1 amide bonds. The Morgan fingerprint density at radius 2 is 2.21 bits per heavy atom. The lowest BCUT2D eigenvalue weighted by atomic mass is 10.2. The molecule has 0 spiro atoms. The molecule has 1 aliphatic carbocycles. The van der Waals surface area contributed by atoms with E-state index in [2.05, 4.69) is 26.8 Å². The minimum atomic E-state index is 0.0980. The fourth-order valence-corrected chi connectivity index (χ4v) is 4.32. The van der Waals surface area contributed by atoms with Crippen molar-refractivity contribution in [3.05, 3.63) is 57.4 Å². The van der Waals surface area contributed by atoms with Crippen LogP contribution in [0.4, 0.5) is 0 Å². The van der Waals surface area contributed by atoms with Crippen LogP contribution in [-0.2, 0) is 6.54 Å². The molecule has 3 aromatic heterocycles. The van der Waals surface area contributed by atoms with Gasteiger partial charge in [-0.05, 0) is 54.3 Å². The maximum absolute atomic E-state index is 13.1. The molecule has 0 aliphatic heterocycles. The molecule has 4 rings (SSSR count). The Bertz CT molecular complexity index is 839. The summed E-state index contributed by atoms with van der Waals surface area (Å²) < 4.78 is 0. The highest BCUT2D eigenvalue weighted by atomic mass is 32.1. The second-order valence-electron chi connectivity index (χ2n) is 5.94. The lowest BCUT2D eigenvalue weighted by Crippen LogP contribution is -2.32. The molecular formula is C18H17N3OS2. The van der Waals surface area contributed by atoms with Gasteiger partial charge in [-0.2, -0.15) is 11.3 Å². The molecule has 0 bridgehead atoms. The van der Waals surface area contributed by atoms with Crippen LogP contribution in [0.25, 0.3) is 10.7 Å². The molecule has 0 radical (unpaired) electrons. The Hall–Kier alpha value is -2.05. The third-order valence-corrected chi connectivity index (χ3v) is 5.96. The highest BCUT2D eigenvalue weighted by Gasteiger charge is 2.34. The summed E-state index contributed by atoms with van der Waals surface area (Å²) in [5, 5.41) is 4.98. The largest absolute Gasteiger partial charge is 0.331 e. The number of rotatable bonds is 5. The van der Waals surface area contributed by atoms with Crippen molar-refractivity contribution in [1.29, 1.82) is 0 Å². The van der Waals surface area contributed by atoms with Crippen molar-refractivity contribution in [2.75, 3.05) is 0 Å². The molecule has 0 atom stereocenters. The smallest absolute Gasteiger partial charge is 0.266 e. The molecule has 1 saturated carbocycles. The van der Waals surface area contributed by atoms with Crippen LogP contribution in [0.5, 0.6) is 0 Å². The molecule has 3 heterocycles. The number of carbonyl (C=O) groups excluding carboxylic acids is 1. The maximum atomic E-state index is 13.1. The predicted molar refractivity (Wildman–Crippen MR) is 97.3 cm³/mol. The van der Waals surface area contributed by atoms with E-state index in [0.717, 1.165) is 34.1 Å². The molecule has 0 unspecified atom stereocenters. The first kappa shape index (κ1) is 15.5. The van der Waals surface area contributed by atoms with Crippen molar-refractivity contribution in [2.24, 2.45) is 0 Å². The molecule has 0 saturated heterocycles. The Balaban J connectivity index is 1.62. The van der Waals surface area contributed by atoms with Crippen molar-refractivity contribution >= 4 is 28.6 Å². The Morgan fingerprint density at radius 1 is 1.33 bits per heavy atom. The van der Waals surface area contributed by atoms with E-state index in [9.17, 15) is 4.79 Å². The standard InChI is InChI=1S/C18H17N3OS2/c1-12-16(24-17(20-12)15-4-2-3-8-19-15)18(22)21(14-5-6-14)10-13-7-9-23-11-13/h2-4,7-9,11,14H,5-6,10H2,1H3. The number of pyridine rings is 1. The van der Waals surface area contributed by atoms with Crippen LogP contribution in [0.2, 0.25) is 0 Å². The summed E-state index contributed by atoms with van der Waals surface area (Å²) in [6, 6.07) is 8.21. The normalized spacial score (nSPS) is 13.9. The van der Waals surface area contributed by atoms with Gasteiger partial charge in [-0.1, -0.05) is 6.07 Å². The minimum Gasteiger partial charge on any atom is -0.331 e. The van der Waals surface area contributed by atoms with E-state index in [-0.39, 0.29) is 5.91 Å². The predicted octanol–water partition coefficient (Wildman–Crippen LogP) is 4.38. The molecule has 24 heavy (non-hydrogen) atoms. The number of aromatic nitrogens is 2. The second-order valence-corrected chi connectivity index (χ2v) is 7.72. The van der Waals surface area contributed by atoms with Crippen molar-refractivity contribution < 1.29 is 4.79 Å². The monoisotopic (exact) mass is 355 g/mol. The van der Waals surface area contributed by atoms with Gasteiger partial charge in [-0.15, -0.1) is 11.3 Å². The van der Waals surface area contributed by atoms with Gasteiger partial charge in [0.05, 0.1) is 11.4 Å². The summed E-state index contributed by atoms with van der Waals surface area (Å²) in [7, 11) is 0. The third kappa shape index (κ3) is 3.12. The van der Waals surface area contributed by atoms with Gasteiger partial charge < -0.3 is 4.90 Å². The summed E-state index contributed by atoms with van der Waals surface area (Å²) in [5.41, 5.74) is 2.81. The molecule has 1 fully saturated rings. The van der Waals surface area contributed by atoms with Gasteiger partial charge >= 0.3 is 0 Å². The van der Waals surface area contributed by atoms with Gasteiger partial charge in [-0.3, -0.25) is 9.78 Å². The maximum Gasteiger partial charge on any atom is 0.266 e. The first-order valence-corrected chi connectivity index (χ1v) is 9.69. The Morgan fingerprint density at radius 3 is 2.88 bits per heavy atom. The van der Waals surface area contributed by atoms with Crippen molar-refractivity contribution in [2.45, 2.75) is 32.4 Å². The van der Waals surface area contributed by atoms with Crippen LogP contribution < -0.4 is 0 Å². The van der Waals surface area contributed by atoms with Crippen LogP contribution in [0.1, 0.15) is 33.8 Å². The summed E-state index contributed by atoms with van der Waals surface area (Å²) in [6.07, 6.45) is 3.95. The van der Waals surface area contributed by atoms with E-state index in [0.29, 0.717) is 12.6 Å². The van der Waals surface area contributed by atoms with Crippen LogP contribution >= 0.6 is 22.7 Å². The fraction of sp³-hybridized carbons (Fsp3) is 0.278. The molecule has 0 aromatic carbocycles. The zero-order chi connectivity index (χ0) is 16.5. The molecule has 122 valence electrons. The van der Waals surface area contributed by atoms with Gasteiger partial charge in [0.15, 0.2) is 0 Å². The topological polar surface area (TPSA) is 46.1 Å². The number of amides is 1. The average Bonchev–Trinajstić information content (AvgIpc) is 3.17. The number of aryl methyl sites for hydroxylation is 1. The average molecular weight is 355 g/mol. The van der Waals surface area contributed by atoms with Crippen LogP contribution in [-0.4, -0.2) is 26.8 Å². The highest BCUT2D eigenvalue weighted by molar-refractivity contribution is 7.17. The van der Waals surface area contributed by atoms with E-state index < -0.39 is 0 Å². The van der Waals surface area contributed by atoms with Crippen LogP contribution in [0, 0.1) is 6.92 Å². The molecule has 4 nitrogen and oxygen atoms in total. The minimum absolute atomic E-state index is 0.0980. The summed E-state index contributed by atoms with van der Waals surface area (Å²) in [6.45, 7) is 2.59. The highest BCUT2D eigenvalue weighted by Crippen LogP contribution is 2.33. The van der Waals surface area contributed by atoms with E-state index in [1.165, 1.54) is 16.9 Å². The van der Waals surface area contributed by atoms with Crippen molar-refractivity contribution in [1.82, 2.24) is 14.9 Å². The number of thiazole rings is 1. The second kappa shape index (κ2) is 6.45. The summed E-state index contributed by atoms with van der Waals surface area (Å²) >= 11 is 3.11. The number of hydrogen-bond donors (Lipinski definition) is 0. The van der Waals surface area contributed by atoms with E-state index in [4.69, 9.17) is 0 Å². The van der Waals surface area contributed by atoms with Gasteiger partial charge in [0.25, 0.3) is 5.91 Å². The molecule has 0 N–H and O–H groups in total. The first-order valence-electron chi connectivity index (χ1n) is 7.93. The third-order valence-electron chi connectivity index (χ3n) is 4.06. The fourth-order valence-electron chi connectivity index (χ4n) is 2.66. The van der Waals surface area contributed by atoms with Gasteiger partial charge in [-0.25, -0.2) is 4.98 Å². The number of hydrogen-bond acceptors (Lipinski definition) is 5. The van der Waals surface area contributed by atoms with Gasteiger partial charge in [0.2, 0.25) is 0 Å². The summed E-state index contributed by atoms with van der Waals surface area (Å²) in [5.74, 6) is 0.0980. The molecule has 1 aliphatic rings. The zero-order valence-corrected chi connectivity index (χ0v) is 14.9. The SMILES string of the molecule is Cc1nc(-c2ccccn2)sc1C(=O)N(Cc1ccsc1)C1CC1. The lowest BCUT2D eigenvalue weighted by Gasteiger charge is -2.21. The van der Waals surface area contributed by atoms with Crippen molar-refractivity contribution in [3.8, 4) is 10.7 Å². The van der Waals surface area contributed by atoms with E-state index >= 15 is 0 Å². The number of nitrogens with zero attached hydrogens (tertiary/aromatic N) is 3. The van der Waals surface area contributed by atoms with Crippen molar-refractivity contribution in [3.63, 3.8) is 0 Å². The Kier molecular flexibility index (Phi) is 4.16. The quantitative estimate of drug-likeness (QED) is 0.682. The van der Waals surface area contributed by atoms with E-state index in [1.807, 2.05) is 30.0 Å². The van der Waals surface area contributed by atoms with E-state index in [1.54, 1.807) is 17.5 Å². The lowest BCUT2D eigenvalue weighted by molar-refractivity contribution is 0.0734. The van der Waals surface area contributed by atoms with Crippen LogP contribution in [0.15, 0.2) is 41.2 Å².